The van der Waals surface area contributed by atoms with Crippen molar-refractivity contribution >= 4 is 5.97 Å². The van der Waals surface area contributed by atoms with Crippen LogP contribution >= 0.6 is 0 Å². The summed E-state index contributed by atoms with van der Waals surface area (Å²) in [5.74, 6) is -1.42. The fraction of sp³-hybridized carbons (Fsp3) is 0.286. The number of aromatic nitrogens is 1. The first kappa shape index (κ1) is 7.78. The number of alkyl halides is 1. The summed E-state index contributed by atoms with van der Waals surface area (Å²) in [6.07, 6.45) is 1.42. The number of carboxylic acids is 1. The Hall–Kier alpha value is -1.32. The third-order valence-corrected chi connectivity index (χ3v) is 1.31. The van der Waals surface area contributed by atoms with E-state index in [2.05, 4.69) is 0 Å². The van der Waals surface area contributed by atoms with Crippen molar-refractivity contribution in [2.24, 2.45) is 0 Å². The lowest BCUT2D eigenvalue weighted by molar-refractivity contribution is -0.143. The van der Waals surface area contributed by atoms with Crippen molar-refractivity contribution in [3.05, 3.63) is 24.5 Å². The van der Waals surface area contributed by atoms with Crippen LogP contribution in [0.15, 0.2) is 24.5 Å². The van der Waals surface area contributed by atoms with Crippen molar-refractivity contribution in [3.63, 3.8) is 0 Å². The first-order valence-electron chi connectivity index (χ1n) is 3.18. The summed E-state index contributed by atoms with van der Waals surface area (Å²) in [5.41, 5.74) is 0. The Labute approximate surface area is 63.1 Å². The summed E-state index contributed by atoms with van der Waals surface area (Å²) in [6.45, 7) is -0.123. The average Bonchev–Trinajstić information content (AvgIpc) is 2.39. The Balaban J connectivity index is 2.50. The van der Waals surface area contributed by atoms with E-state index >= 15 is 0 Å². The highest BCUT2D eigenvalue weighted by molar-refractivity contribution is 5.71. The second-order valence-electron chi connectivity index (χ2n) is 2.19. The van der Waals surface area contributed by atoms with E-state index in [0.29, 0.717) is 0 Å². The molecule has 0 aliphatic heterocycles. The quantitative estimate of drug-likeness (QED) is 0.708. The van der Waals surface area contributed by atoms with Crippen LogP contribution in [-0.4, -0.2) is 21.8 Å². The standard InChI is InChI=1S/C7H8FNO2/c8-6(7(10)11)5-9-3-1-2-4-9/h1-4,6H,5H2,(H,10,11). The molecule has 1 aromatic heterocycles. The summed E-state index contributed by atoms with van der Waals surface area (Å²) in [4.78, 5) is 10.0. The highest BCUT2D eigenvalue weighted by atomic mass is 19.1. The van der Waals surface area contributed by atoms with Crippen LogP contribution in [0.25, 0.3) is 0 Å². The number of hydrogen-bond acceptors (Lipinski definition) is 1. The summed E-state index contributed by atoms with van der Waals surface area (Å²) in [5, 5.41) is 8.19. The minimum atomic E-state index is -1.82. The van der Waals surface area contributed by atoms with E-state index in [-0.39, 0.29) is 6.54 Å². The maximum atomic E-state index is 12.5. The van der Waals surface area contributed by atoms with Crippen LogP contribution in [0, 0.1) is 0 Å². The van der Waals surface area contributed by atoms with Crippen molar-refractivity contribution in [2.75, 3.05) is 0 Å². The van der Waals surface area contributed by atoms with E-state index in [1.807, 2.05) is 0 Å². The van der Waals surface area contributed by atoms with Gasteiger partial charge in [-0.3, -0.25) is 0 Å². The third-order valence-electron chi connectivity index (χ3n) is 1.31. The number of aliphatic carboxylic acids is 1. The lowest BCUT2D eigenvalue weighted by atomic mass is 10.4. The first-order chi connectivity index (χ1) is 5.20. The smallest absolute Gasteiger partial charge is 0.340 e. The van der Waals surface area contributed by atoms with Crippen LogP contribution in [0.4, 0.5) is 4.39 Å². The van der Waals surface area contributed by atoms with E-state index in [1.54, 1.807) is 24.5 Å². The maximum absolute atomic E-state index is 12.5. The van der Waals surface area contributed by atoms with Crippen molar-refractivity contribution in [1.29, 1.82) is 0 Å². The summed E-state index contributed by atoms with van der Waals surface area (Å²) in [6, 6.07) is 3.43. The van der Waals surface area contributed by atoms with Gasteiger partial charge in [-0.05, 0) is 12.1 Å². The lowest BCUT2D eigenvalue weighted by Crippen LogP contribution is -2.20. The number of carbonyl (C=O) groups is 1. The summed E-state index contributed by atoms with van der Waals surface area (Å²) < 4.78 is 14.0. The predicted molar refractivity (Wildman–Crippen MR) is 37.0 cm³/mol. The van der Waals surface area contributed by atoms with Gasteiger partial charge in [-0.15, -0.1) is 0 Å². The molecule has 0 bridgehead atoms. The normalized spacial score (nSPS) is 12.8. The van der Waals surface area contributed by atoms with Gasteiger partial charge < -0.3 is 9.67 Å². The molecule has 0 aliphatic carbocycles. The zero-order chi connectivity index (χ0) is 8.27. The van der Waals surface area contributed by atoms with Crippen LogP contribution in [-0.2, 0) is 11.3 Å². The van der Waals surface area contributed by atoms with Crippen molar-refractivity contribution < 1.29 is 14.3 Å². The molecule has 1 heterocycles. The molecule has 0 saturated heterocycles. The largest absolute Gasteiger partial charge is 0.479 e. The molecule has 0 spiro atoms. The first-order valence-corrected chi connectivity index (χ1v) is 3.18. The molecular weight excluding hydrogens is 149 g/mol. The molecule has 1 atom stereocenters. The van der Waals surface area contributed by atoms with Gasteiger partial charge in [0.2, 0.25) is 6.17 Å². The fourth-order valence-electron chi connectivity index (χ4n) is 0.755. The van der Waals surface area contributed by atoms with Gasteiger partial charge in [-0.2, -0.15) is 0 Å². The molecule has 0 radical (unpaired) electrons. The minimum absolute atomic E-state index is 0.123. The number of halogens is 1. The Morgan fingerprint density at radius 1 is 1.55 bits per heavy atom. The zero-order valence-electron chi connectivity index (χ0n) is 5.77. The molecular formula is C7H8FNO2. The SMILES string of the molecule is O=C(O)C(F)Cn1cccc1. The number of carboxylic acid groups (broad SMARTS) is 1. The molecule has 1 unspecified atom stereocenters. The second-order valence-corrected chi connectivity index (χ2v) is 2.19. The van der Waals surface area contributed by atoms with Gasteiger partial charge in [0.1, 0.15) is 0 Å². The minimum Gasteiger partial charge on any atom is -0.479 e. The summed E-state index contributed by atoms with van der Waals surface area (Å²) in [7, 11) is 0. The van der Waals surface area contributed by atoms with Gasteiger partial charge in [0.15, 0.2) is 0 Å². The van der Waals surface area contributed by atoms with Gasteiger partial charge in [-0.25, -0.2) is 9.18 Å². The van der Waals surface area contributed by atoms with E-state index in [4.69, 9.17) is 5.11 Å². The monoisotopic (exact) mass is 157 g/mol. The van der Waals surface area contributed by atoms with Gasteiger partial charge in [-0.1, -0.05) is 0 Å². The third kappa shape index (κ3) is 2.07. The molecule has 1 aromatic rings. The van der Waals surface area contributed by atoms with Gasteiger partial charge in [0, 0.05) is 12.4 Å². The van der Waals surface area contributed by atoms with Crippen LogP contribution in [0.5, 0.6) is 0 Å². The van der Waals surface area contributed by atoms with Crippen LogP contribution in [0.1, 0.15) is 0 Å². The number of hydrogen-bond donors (Lipinski definition) is 1. The van der Waals surface area contributed by atoms with E-state index < -0.39 is 12.1 Å². The second kappa shape index (κ2) is 3.18. The molecule has 11 heavy (non-hydrogen) atoms. The maximum Gasteiger partial charge on any atom is 0.340 e. The molecule has 0 fully saturated rings. The molecule has 4 heteroatoms. The molecule has 1 N–H and O–H groups in total. The molecule has 60 valence electrons. The summed E-state index contributed by atoms with van der Waals surface area (Å²) >= 11 is 0. The highest BCUT2D eigenvalue weighted by Crippen LogP contribution is 1.97. The molecule has 0 aromatic carbocycles. The van der Waals surface area contributed by atoms with E-state index in [1.165, 1.54) is 4.57 Å². The average molecular weight is 157 g/mol. The van der Waals surface area contributed by atoms with Gasteiger partial charge in [0.25, 0.3) is 0 Å². The van der Waals surface area contributed by atoms with Crippen LogP contribution in [0.2, 0.25) is 0 Å². The lowest BCUT2D eigenvalue weighted by Gasteiger charge is -2.02. The molecule has 1 rings (SSSR count). The molecule has 3 nitrogen and oxygen atoms in total. The van der Waals surface area contributed by atoms with Gasteiger partial charge in [0.05, 0.1) is 6.54 Å². The fourth-order valence-corrected chi connectivity index (χ4v) is 0.755. The zero-order valence-corrected chi connectivity index (χ0v) is 5.77. The molecule has 0 aliphatic rings. The van der Waals surface area contributed by atoms with E-state index in [9.17, 15) is 9.18 Å². The van der Waals surface area contributed by atoms with Crippen LogP contribution < -0.4 is 0 Å². The number of nitrogens with zero attached hydrogens (tertiary/aromatic N) is 1. The van der Waals surface area contributed by atoms with E-state index in [0.717, 1.165) is 0 Å². The van der Waals surface area contributed by atoms with Crippen molar-refractivity contribution in [1.82, 2.24) is 4.57 Å². The highest BCUT2D eigenvalue weighted by Gasteiger charge is 2.14. The molecule has 0 saturated carbocycles. The van der Waals surface area contributed by atoms with Crippen molar-refractivity contribution in [3.8, 4) is 0 Å². The number of rotatable bonds is 3. The van der Waals surface area contributed by atoms with Gasteiger partial charge >= 0.3 is 5.97 Å². The Bertz CT molecular complexity index is 233. The predicted octanol–water partition coefficient (Wildman–Crippen LogP) is 0.911. The van der Waals surface area contributed by atoms with Crippen molar-refractivity contribution in [2.45, 2.75) is 12.7 Å². The molecule has 0 amide bonds. The topological polar surface area (TPSA) is 42.2 Å². The Morgan fingerprint density at radius 3 is 2.55 bits per heavy atom. The Morgan fingerprint density at radius 2 is 2.09 bits per heavy atom. The Kier molecular flexibility index (Phi) is 2.25. The van der Waals surface area contributed by atoms with Crippen LogP contribution in [0.3, 0.4) is 0 Å².